The van der Waals surface area contributed by atoms with E-state index < -0.39 is 11.1 Å². The van der Waals surface area contributed by atoms with Crippen LogP contribution < -0.4 is 10.1 Å². The molecule has 0 saturated heterocycles. The minimum atomic E-state index is -0.541. The van der Waals surface area contributed by atoms with Gasteiger partial charge in [-0.15, -0.1) is 0 Å². The van der Waals surface area contributed by atoms with Crippen LogP contribution in [0.2, 0.25) is 0 Å². The fourth-order valence-electron chi connectivity index (χ4n) is 5.03. The monoisotopic (exact) mass is 512 g/mol. The summed E-state index contributed by atoms with van der Waals surface area (Å²) in [5, 5.41) is 7.89. The number of carbonyl (C=O) groups is 1. The normalized spacial score (nSPS) is 14.7. The van der Waals surface area contributed by atoms with Crippen LogP contribution in [-0.4, -0.2) is 32.9 Å². The molecule has 0 unspecified atom stereocenters. The van der Waals surface area contributed by atoms with E-state index in [0.717, 1.165) is 69.9 Å². The summed E-state index contributed by atoms with van der Waals surface area (Å²) in [4.78, 5) is 17.7. The topological polar surface area (TPSA) is 77.8 Å². The van der Waals surface area contributed by atoms with Crippen molar-refractivity contribution in [2.24, 2.45) is 0 Å². The van der Waals surface area contributed by atoms with Crippen LogP contribution >= 0.6 is 0 Å². The minimum Gasteiger partial charge on any atom is -0.493 e. The molecule has 1 N–H and O–H groups in total. The number of nitrogens with zero attached hydrogens (tertiary/aromatic N) is 3. The molecule has 7 nitrogen and oxygen atoms in total. The molecule has 198 valence electrons. The van der Waals surface area contributed by atoms with E-state index in [9.17, 15) is 4.79 Å². The molecule has 1 saturated carbocycles. The molecule has 4 aromatic rings. The number of rotatable bonds is 6. The number of ether oxygens (including phenoxy) is 2. The number of aromatic nitrogens is 3. The Morgan fingerprint density at radius 3 is 2.42 bits per heavy atom. The number of aryl methyl sites for hydroxylation is 2. The van der Waals surface area contributed by atoms with Gasteiger partial charge in [0.1, 0.15) is 17.0 Å². The molecule has 0 atom stereocenters. The number of carbonyl (C=O) groups excluding carboxylic acids is 1. The first-order valence-electron chi connectivity index (χ1n) is 13.3. The van der Waals surface area contributed by atoms with Crippen molar-refractivity contribution in [2.45, 2.75) is 71.9 Å². The molecular weight excluding hydrogens is 476 g/mol. The largest absolute Gasteiger partial charge is 0.493 e. The Bertz CT molecular complexity index is 1480. The van der Waals surface area contributed by atoms with Gasteiger partial charge in [-0.25, -0.2) is 14.3 Å². The molecule has 0 bridgehead atoms. The summed E-state index contributed by atoms with van der Waals surface area (Å²) in [6, 6.07) is 16.4. The minimum absolute atomic E-state index is 0.381. The van der Waals surface area contributed by atoms with E-state index in [1.807, 2.05) is 56.6 Å². The Balaban J connectivity index is 1.58. The van der Waals surface area contributed by atoms with E-state index in [2.05, 4.69) is 49.5 Å². The van der Waals surface area contributed by atoms with Crippen molar-refractivity contribution in [1.29, 1.82) is 0 Å². The second-order valence-electron chi connectivity index (χ2n) is 11.1. The van der Waals surface area contributed by atoms with Gasteiger partial charge in [-0.1, -0.05) is 36.4 Å². The van der Waals surface area contributed by atoms with Crippen LogP contribution in [0.1, 0.15) is 63.6 Å². The fraction of sp³-hybridized carbons (Fsp3) is 0.387. The number of fused-ring (bicyclic) bond motifs is 1. The summed E-state index contributed by atoms with van der Waals surface area (Å²) in [5.41, 5.74) is 6.79. The summed E-state index contributed by atoms with van der Waals surface area (Å²) in [5.74, 6) is 0.796. The van der Waals surface area contributed by atoms with E-state index in [4.69, 9.17) is 19.6 Å². The molecule has 2 aromatic carbocycles. The molecule has 2 heterocycles. The van der Waals surface area contributed by atoms with Crippen LogP contribution in [0, 0.1) is 13.8 Å². The first-order chi connectivity index (χ1) is 18.1. The number of amides is 1. The van der Waals surface area contributed by atoms with Crippen LogP contribution in [-0.2, 0) is 10.3 Å². The number of para-hydroxylation sites is 1. The molecule has 1 aliphatic rings. The van der Waals surface area contributed by atoms with Gasteiger partial charge >= 0.3 is 6.09 Å². The average molecular weight is 513 g/mol. The summed E-state index contributed by atoms with van der Waals surface area (Å²) >= 11 is 0. The quantitative estimate of drug-likeness (QED) is 0.301. The summed E-state index contributed by atoms with van der Waals surface area (Å²) in [7, 11) is 0. The second kappa shape index (κ2) is 9.78. The first kappa shape index (κ1) is 25.8. The van der Waals surface area contributed by atoms with E-state index in [1.54, 1.807) is 0 Å². The molecule has 38 heavy (non-hydrogen) atoms. The van der Waals surface area contributed by atoms with Gasteiger partial charge in [0.15, 0.2) is 5.65 Å². The van der Waals surface area contributed by atoms with Crippen molar-refractivity contribution in [3.05, 3.63) is 71.4 Å². The zero-order chi connectivity index (χ0) is 27.1. The van der Waals surface area contributed by atoms with Gasteiger partial charge in [-0.2, -0.15) is 5.10 Å². The summed E-state index contributed by atoms with van der Waals surface area (Å²) in [6.07, 6.45) is 4.33. The van der Waals surface area contributed by atoms with Crippen molar-refractivity contribution in [3.8, 4) is 28.3 Å². The van der Waals surface area contributed by atoms with Crippen molar-refractivity contribution >= 4 is 11.7 Å². The molecule has 1 fully saturated rings. The zero-order valence-corrected chi connectivity index (χ0v) is 23.1. The van der Waals surface area contributed by atoms with E-state index in [-0.39, 0.29) is 6.09 Å². The Hall–Kier alpha value is -3.87. The van der Waals surface area contributed by atoms with Crippen molar-refractivity contribution < 1.29 is 14.3 Å². The van der Waals surface area contributed by atoms with Gasteiger partial charge in [0.25, 0.3) is 0 Å². The highest BCUT2D eigenvalue weighted by atomic mass is 16.6. The number of benzene rings is 2. The van der Waals surface area contributed by atoms with E-state index in [1.165, 1.54) is 0 Å². The Labute approximate surface area is 224 Å². The number of imidazole rings is 1. The standard InChI is InChI=1S/C31H36N4O3/c1-7-37-25-12-9-8-11-24(25)27-26(33-28-21(3)20(2)19-32-35(27)28)22-13-15-23(16-14-22)31(17-10-18-31)34-29(36)38-30(4,5)6/h8-9,11-16,19H,7,10,17-18H2,1-6H3,(H,34,36). The molecular formula is C31H36N4O3. The Morgan fingerprint density at radius 2 is 1.79 bits per heavy atom. The lowest BCUT2D eigenvalue weighted by molar-refractivity contribution is 0.0377. The van der Waals surface area contributed by atoms with Gasteiger partial charge in [0, 0.05) is 11.1 Å². The lowest BCUT2D eigenvalue weighted by Gasteiger charge is -2.43. The molecule has 7 heteroatoms. The van der Waals surface area contributed by atoms with Crippen LogP contribution in [0.4, 0.5) is 4.79 Å². The number of alkyl carbamates (subject to hydrolysis) is 1. The molecule has 1 aliphatic carbocycles. The highest BCUT2D eigenvalue weighted by molar-refractivity contribution is 5.85. The third-order valence-corrected chi connectivity index (χ3v) is 7.25. The number of nitrogens with one attached hydrogen (secondary N) is 1. The number of hydrogen-bond acceptors (Lipinski definition) is 5. The zero-order valence-electron chi connectivity index (χ0n) is 23.1. The van der Waals surface area contributed by atoms with Crippen molar-refractivity contribution in [3.63, 3.8) is 0 Å². The van der Waals surface area contributed by atoms with Gasteiger partial charge in [-0.3, -0.25) is 0 Å². The Morgan fingerprint density at radius 1 is 1.08 bits per heavy atom. The fourth-order valence-corrected chi connectivity index (χ4v) is 5.03. The molecule has 1 amide bonds. The molecule has 0 aliphatic heterocycles. The SMILES string of the molecule is CCOc1ccccc1-c1c(-c2ccc(C3(NC(=O)OC(C)(C)C)CCC3)cc2)nc2c(C)c(C)cnn12. The second-order valence-corrected chi connectivity index (χ2v) is 11.1. The average Bonchev–Trinajstić information content (AvgIpc) is 3.23. The third kappa shape index (κ3) is 4.73. The number of hydrogen-bond donors (Lipinski definition) is 1. The van der Waals surface area contributed by atoms with Crippen LogP contribution in [0.25, 0.3) is 28.2 Å². The molecule has 0 spiro atoms. The maximum Gasteiger partial charge on any atom is 0.408 e. The van der Waals surface area contributed by atoms with Gasteiger partial charge < -0.3 is 14.8 Å². The lowest BCUT2D eigenvalue weighted by atomic mass is 9.71. The maximum absolute atomic E-state index is 12.6. The lowest BCUT2D eigenvalue weighted by Crippen LogP contribution is -2.52. The van der Waals surface area contributed by atoms with Crippen LogP contribution in [0.3, 0.4) is 0 Å². The summed E-state index contributed by atoms with van der Waals surface area (Å²) in [6.45, 7) is 12.3. The van der Waals surface area contributed by atoms with Crippen LogP contribution in [0.5, 0.6) is 5.75 Å². The predicted octanol–water partition coefficient (Wildman–Crippen LogP) is 6.98. The van der Waals surface area contributed by atoms with Crippen molar-refractivity contribution in [1.82, 2.24) is 19.9 Å². The molecule has 0 radical (unpaired) electrons. The molecule has 5 rings (SSSR count). The first-order valence-corrected chi connectivity index (χ1v) is 13.3. The van der Waals surface area contributed by atoms with Gasteiger partial charge in [0.05, 0.1) is 24.0 Å². The maximum atomic E-state index is 12.6. The highest BCUT2D eigenvalue weighted by Crippen LogP contribution is 2.43. The summed E-state index contributed by atoms with van der Waals surface area (Å²) < 4.78 is 13.5. The van der Waals surface area contributed by atoms with Crippen molar-refractivity contribution in [2.75, 3.05) is 6.61 Å². The van der Waals surface area contributed by atoms with Gasteiger partial charge in [0.2, 0.25) is 0 Å². The Kier molecular flexibility index (Phi) is 6.63. The van der Waals surface area contributed by atoms with E-state index in [0.29, 0.717) is 6.61 Å². The van der Waals surface area contributed by atoms with E-state index >= 15 is 0 Å². The third-order valence-electron chi connectivity index (χ3n) is 7.25. The van der Waals surface area contributed by atoms with Gasteiger partial charge in [-0.05, 0) is 89.6 Å². The molecule has 2 aromatic heterocycles. The predicted molar refractivity (Wildman–Crippen MR) is 149 cm³/mol. The smallest absolute Gasteiger partial charge is 0.408 e. The highest BCUT2D eigenvalue weighted by Gasteiger charge is 2.41. The van der Waals surface area contributed by atoms with Crippen LogP contribution in [0.15, 0.2) is 54.7 Å².